The van der Waals surface area contributed by atoms with Crippen LogP contribution in [0, 0.1) is 19.8 Å². The Hall–Kier alpha value is -2.83. The van der Waals surface area contributed by atoms with Crippen LogP contribution in [0.25, 0.3) is 0 Å². The van der Waals surface area contributed by atoms with E-state index in [9.17, 15) is 9.59 Å². The van der Waals surface area contributed by atoms with Gasteiger partial charge >= 0.3 is 0 Å². The molecule has 150 valence electrons. The van der Waals surface area contributed by atoms with Crippen LogP contribution < -0.4 is 10.1 Å². The van der Waals surface area contributed by atoms with E-state index < -0.39 is 0 Å². The molecule has 0 atom stereocenters. The number of rotatable bonds is 7. The van der Waals surface area contributed by atoms with Crippen molar-refractivity contribution in [1.29, 1.82) is 0 Å². The van der Waals surface area contributed by atoms with Gasteiger partial charge in [0.15, 0.2) is 5.82 Å². The van der Waals surface area contributed by atoms with Crippen LogP contribution in [0.2, 0.25) is 0 Å². The summed E-state index contributed by atoms with van der Waals surface area (Å²) in [5.41, 5.74) is 1.15. The zero-order chi connectivity index (χ0) is 19.9. The monoisotopic (exact) mass is 385 g/mol. The molecule has 2 aromatic rings. The summed E-state index contributed by atoms with van der Waals surface area (Å²) in [6.07, 6.45) is 2.46. The molecule has 0 radical (unpaired) electrons. The molecule has 0 aliphatic carbocycles. The van der Waals surface area contributed by atoms with Gasteiger partial charge in [-0.3, -0.25) is 9.59 Å². The summed E-state index contributed by atoms with van der Waals surface area (Å²) >= 11 is 0. The Morgan fingerprint density at radius 1 is 1.25 bits per heavy atom. The van der Waals surface area contributed by atoms with E-state index in [1.807, 2.05) is 36.1 Å². The number of carbonyl (C=O) groups is 2. The van der Waals surface area contributed by atoms with Crippen molar-refractivity contribution >= 4 is 17.6 Å². The molecular weight excluding hydrogens is 358 g/mol. The maximum atomic E-state index is 12.4. The van der Waals surface area contributed by atoms with Crippen molar-refractivity contribution in [2.45, 2.75) is 39.5 Å². The van der Waals surface area contributed by atoms with Gasteiger partial charge in [-0.15, -0.1) is 0 Å². The van der Waals surface area contributed by atoms with Gasteiger partial charge in [-0.1, -0.05) is 17.3 Å². The standard InChI is InChI=1S/C21H27N3O4/c1-15-5-3-6-18(13-15)27-12-4-7-20(25)24-10-8-17(9-11-24)21(26)22-19-14-16(2)28-23-19/h3,5-6,13-14,17H,4,7-12H2,1-2H3,(H,22,23,26). The van der Waals surface area contributed by atoms with Crippen LogP contribution in [-0.2, 0) is 9.59 Å². The summed E-state index contributed by atoms with van der Waals surface area (Å²) in [5, 5.41) is 6.55. The molecule has 28 heavy (non-hydrogen) atoms. The van der Waals surface area contributed by atoms with Gasteiger partial charge in [0.1, 0.15) is 11.5 Å². The number of piperidine rings is 1. The second-order valence-corrected chi connectivity index (χ2v) is 7.24. The number of nitrogens with one attached hydrogen (secondary N) is 1. The van der Waals surface area contributed by atoms with Gasteiger partial charge in [-0.2, -0.15) is 0 Å². The van der Waals surface area contributed by atoms with Gasteiger partial charge in [0.05, 0.1) is 6.61 Å². The predicted molar refractivity (Wildman–Crippen MR) is 105 cm³/mol. The van der Waals surface area contributed by atoms with Gasteiger partial charge in [-0.25, -0.2) is 0 Å². The maximum Gasteiger partial charge on any atom is 0.228 e. The number of ether oxygens (including phenoxy) is 1. The van der Waals surface area contributed by atoms with Crippen molar-refractivity contribution < 1.29 is 18.8 Å². The van der Waals surface area contributed by atoms with Crippen LogP contribution in [0.5, 0.6) is 5.75 Å². The molecule has 3 rings (SSSR count). The van der Waals surface area contributed by atoms with E-state index in [0.717, 1.165) is 11.3 Å². The quantitative estimate of drug-likeness (QED) is 0.739. The Labute approximate surface area is 165 Å². The Morgan fingerprint density at radius 2 is 2.04 bits per heavy atom. The summed E-state index contributed by atoms with van der Waals surface area (Å²) in [7, 11) is 0. The summed E-state index contributed by atoms with van der Waals surface area (Å²) < 4.78 is 10.6. The molecule has 1 aromatic carbocycles. The Morgan fingerprint density at radius 3 is 2.71 bits per heavy atom. The average Bonchev–Trinajstić information content (AvgIpc) is 3.10. The first kappa shape index (κ1) is 19.9. The van der Waals surface area contributed by atoms with Crippen molar-refractivity contribution in [2.75, 3.05) is 25.0 Å². The molecule has 7 nitrogen and oxygen atoms in total. The number of anilines is 1. The molecule has 1 aromatic heterocycles. The number of amides is 2. The molecule has 7 heteroatoms. The highest BCUT2D eigenvalue weighted by atomic mass is 16.5. The molecule has 0 saturated carbocycles. The third-order valence-corrected chi connectivity index (χ3v) is 4.89. The number of carbonyl (C=O) groups excluding carboxylic acids is 2. The number of likely N-dealkylation sites (tertiary alicyclic amines) is 1. The van der Waals surface area contributed by atoms with Crippen molar-refractivity contribution in [3.05, 3.63) is 41.7 Å². The third-order valence-electron chi connectivity index (χ3n) is 4.89. The zero-order valence-corrected chi connectivity index (χ0v) is 16.4. The van der Waals surface area contributed by atoms with Crippen LogP contribution in [0.15, 0.2) is 34.9 Å². The lowest BCUT2D eigenvalue weighted by Crippen LogP contribution is -2.41. The number of hydrogen-bond donors (Lipinski definition) is 1. The molecule has 0 bridgehead atoms. The predicted octanol–water partition coefficient (Wildman–Crippen LogP) is 3.33. The van der Waals surface area contributed by atoms with Gasteiger partial charge < -0.3 is 19.5 Å². The van der Waals surface area contributed by atoms with Crippen LogP contribution in [0.4, 0.5) is 5.82 Å². The average molecular weight is 385 g/mol. The normalized spacial score (nSPS) is 14.7. The number of benzene rings is 1. The van der Waals surface area contributed by atoms with Crippen molar-refractivity contribution in [3.63, 3.8) is 0 Å². The molecule has 2 heterocycles. The highest BCUT2D eigenvalue weighted by molar-refractivity contribution is 5.91. The fourth-order valence-corrected chi connectivity index (χ4v) is 3.32. The fourth-order valence-electron chi connectivity index (χ4n) is 3.32. The minimum atomic E-state index is -0.106. The lowest BCUT2D eigenvalue weighted by molar-refractivity contribution is -0.134. The lowest BCUT2D eigenvalue weighted by Gasteiger charge is -2.31. The smallest absolute Gasteiger partial charge is 0.228 e. The van der Waals surface area contributed by atoms with E-state index in [0.29, 0.717) is 57.0 Å². The molecule has 1 saturated heterocycles. The number of aryl methyl sites for hydroxylation is 2. The summed E-state index contributed by atoms with van der Waals surface area (Å²) in [4.78, 5) is 26.5. The van der Waals surface area contributed by atoms with E-state index in [1.165, 1.54) is 0 Å². The van der Waals surface area contributed by atoms with E-state index in [4.69, 9.17) is 9.26 Å². The van der Waals surface area contributed by atoms with Gasteiger partial charge in [-0.05, 0) is 50.8 Å². The molecule has 1 aliphatic heterocycles. The van der Waals surface area contributed by atoms with Crippen LogP contribution in [-0.4, -0.2) is 41.6 Å². The van der Waals surface area contributed by atoms with E-state index in [2.05, 4.69) is 10.5 Å². The van der Waals surface area contributed by atoms with Crippen molar-refractivity contribution in [3.8, 4) is 5.75 Å². The largest absolute Gasteiger partial charge is 0.494 e. The molecule has 2 amide bonds. The molecular formula is C21H27N3O4. The first-order valence-corrected chi connectivity index (χ1v) is 9.72. The molecule has 1 N–H and O–H groups in total. The topological polar surface area (TPSA) is 84.7 Å². The summed E-state index contributed by atoms with van der Waals surface area (Å²) in [6.45, 7) is 5.53. The van der Waals surface area contributed by atoms with Gasteiger partial charge in [0, 0.05) is 31.5 Å². The zero-order valence-electron chi connectivity index (χ0n) is 16.4. The minimum absolute atomic E-state index is 0.0630. The SMILES string of the molecule is Cc1cccc(OCCCC(=O)N2CCC(C(=O)Nc3cc(C)on3)CC2)c1. The summed E-state index contributed by atoms with van der Waals surface area (Å²) in [5.74, 6) is 1.88. The molecule has 1 fully saturated rings. The highest BCUT2D eigenvalue weighted by Crippen LogP contribution is 2.20. The second kappa shape index (κ2) is 9.39. The second-order valence-electron chi connectivity index (χ2n) is 7.24. The van der Waals surface area contributed by atoms with Gasteiger partial charge in [0.25, 0.3) is 0 Å². The summed E-state index contributed by atoms with van der Waals surface area (Å²) in [6, 6.07) is 9.57. The fraction of sp³-hybridized carbons (Fsp3) is 0.476. The van der Waals surface area contributed by atoms with Gasteiger partial charge in [0.2, 0.25) is 11.8 Å². The van der Waals surface area contributed by atoms with Crippen molar-refractivity contribution in [1.82, 2.24) is 10.1 Å². The maximum absolute atomic E-state index is 12.4. The molecule has 0 unspecified atom stereocenters. The number of hydrogen-bond acceptors (Lipinski definition) is 5. The number of aromatic nitrogens is 1. The first-order valence-electron chi connectivity index (χ1n) is 9.72. The Balaban J connectivity index is 1.34. The van der Waals surface area contributed by atoms with E-state index >= 15 is 0 Å². The van der Waals surface area contributed by atoms with Crippen LogP contribution in [0.1, 0.15) is 37.0 Å². The Kier molecular flexibility index (Phi) is 6.68. The van der Waals surface area contributed by atoms with E-state index in [-0.39, 0.29) is 17.7 Å². The van der Waals surface area contributed by atoms with Crippen LogP contribution >= 0.6 is 0 Å². The first-order chi connectivity index (χ1) is 13.5. The number of nitrogens with zero attached hydrogens (tertiary/aromatic N) is 2. The third kappa shape index (κ3) is 5.58. The van der Waals surface area contributed by atoms with Crippen LogP contribution in [0.3, 0.4) is 0 Å². The van der Waals surface area contributed by atoms with E-state index in [1.54, 1.807) is 13.0 Å². The lowest BCUT2D eigenvalue weighted by atomic mass is 9.95. The molecule has 0 spiro atoms. The Bertz CT molecular complexity index is 809. The molecule has 1 aliphatic rings. The minimum Gasteiger partial charge on any atom is -0.494 e. The van der Waals surface area contributed by atoms with Crippen molar-refractivity contribution in [2.24, 2.45) is 5.92 Å². The highest BCUT2D eigenvalue weighted by Gasteiger charge is 2.27.